The first-order chi connectivity index (χ1) is 20.2. The molecule has 4 N–H and O–H groups in total. The zero-order chi connectivity index (χ0) is 31.9. The van der Waals surface area contributed by atoms with Crippen molar-refractivity contribution >= 4 is 61.6 Å². The first-order valence-electron chi connectivity index (χ1n) is 12.3. The molecule has 2 aromatic heterocycles. The second-order valence-corrected chi connectivity index (χ2v) is 12.5. The van der Waals surface area contributed by atoms with Crippen LogP contribution in [-0.4, -0.2) is 61.6 Å². The molecule has 17 heteroatoms. The van der Waals surface area contributed by atoms with Crippen LogP contribution in [0.5, 0.6) is 5.75 Å². The van der Waals surface area contributed by atoms with Crippen molar-refractivity contribution in [2.24, 2.45) is 0 Å². The molecule has 4 aromatic rings. The van der Waals surface area contributed by atoms with Gasteiger partial charge in [-0.1, -0.05) is 41.9 Å². The number of fused-ring (bicyclic) bond motifs is 1. The quantitative estimate of drug-likeness (QED) is 0.194. The maximum atomic E-state index is 13.0. The molecule has 0 aliphatic heterocycles. The number of rotatable bonds is 10. The number of hydrogen-bond acceptors (Lipinski definition) is 8. The maximum absolute atomic E-state index is 13.0. The van der Waals surface area contributed by atoms with Crippen molar-refractivity contribution in [1.82, 2.24) is 20.4 Å². The number of hydrogen-bond donors (Lipinski definition) is 4. The molecular formula is C26H27ClF3N5O6S2. The van der Waals surface area contributed by atoms with Gasteiger partial charge in [0.2, 0.25) is 5.91 Å². The molecule has 0 aliphatic rings. The highest BCUT2D eigenvalue weighted by Crippen LogP contribution is 2.35. The van der Waals surface area contributed by atoms with E-state index in [0.717, 1.165) is 22.5 Å². The summed E-state index contributed by atoms with van der Waals surface area (Å²) in [7, 11) is -0.618. The van der Waals surface area contributed by atoms with Crippen molar-refractivity contribution in [3.05, 3.63) is 70.1 Å². The first kappa shape index (κ1) is 33.6. The molecule has 1 amide bonds. The highest BCUT2D eigenvalue weighted by Gasteiger charge is 2.38. The second-order valence-electron chi connectivity index (χ2n) is 8.87. The summed E-state index contributed by atoms with van der Waals surface area (Å²) < 4.78 is 67.9. The average Bonchev–Trinajstić information content (AvgIpc) is 3.55. The number of anilines is 1. The van der Waals surface area contributed by atoms with E-state index in [1.807, 2.05) is 36.4 Å². The number of nitrogens with one attached hydrogen (secondary N) is 3. The molecule has 1 atom stereocenters. The Morgan fingerprint density at radius 3 is 2.28 bits per heavy atom. The summed E-state index contributed by atoms with van der Waals surface area (Å²) >= 11 is 6.90. The Morgan fingerprint density at radius 1 is 1.12 bits per heavy atom. The summed E-state index contributed by atoms with van der Waals surface area (Å²) in [6, 6.07) is 16.0. The molecule has 0 aliphatic carbocycles. The van der Waals surface area contributed by atoms with Crippen LogP contribution >= 0.6 is 22.9 Å². The molecule has 0 saturated carbocycles. The zero-order valence-electron chi connectivity index (χ0n) is 22.9. The standard InChI is InChI=1S/C24H26ClN5O4S2.C2HF3O2/c1-15(26-2)24(31)27-13-16-7-9-17(10-8-16)14-30-18-5-4-6-19(34-3)22(18)23(28-30)29-36(32,33)21-12-11-20(25)35-21;3-2(4,5)1(6)7/h4-12,15,26H,13-14H2,1-3H3,(H,27,31)(H,28,29);(H,6,7)/t15-;/m1./s1. The normalized spacial score (nSPS) is 12.3. The zero-order valence-corrected chi connectivity index (χ0v) is 25.3. The number of carboxylic acids is 1. The summed E-state index contributed by atoms with van der Waals surface area (Å²) in [6.07, 6.45) is -5.08. The lowest BCUT2D eigenvalue weighted by molar-refractivity contribution is -0.192. The van der Waals surface area contributed by atoms with Gasteiger partial charge in [0, 0.05) is 6.54 Å². The number of methoxy groups -OCH3 is 1. The predicted molar refractivity (Wildman–Crippen MR) is 156 cm³/mol. The Labute approximate surface area is 253 Å². The first-order valence-corrected chi connectivity index (χ1v) is 15.0. The van der Waals surface area contributed by atoms with E-state index in [0.29, 0.717) is 34.1 Å². The van der Waals surface area contributed by atoms with Gasteiger partial charge in [0.1, 0.15) is 9.96 Å². The van der Waals surface area contributed by atoms with Gasteiger partial charge in [-0.05, 0) is 49.4 Å². The summed E-state index contributed by atoms with van der Waals surface area (Å²) in [5, 5.41) is 18.1. The summed E-state index contributed by atoms with van der Waals surface area (Å²) in [4.78, 5) is 20.9. The fraction of sp³-hybridized carbons (Fsp3) is 0.269. The number of ether oxygens (including phenoxy) is 1. The number of benzene rings is 2. The fourth-order valence-corrected chi connectivity index (χ4v) is 6.08. The van der Waals surface area contributed by atoms with Crippen LogP contribution in [0.3, 0.4) is 0 Å². The van der Waals surface area contributed by atoms with Crippen LogP contribution in [-0.2, 0) is 32.7 Å². The van der Waals surface area contributed by atoms with E-state index in [-0.39, 0.29) is 22.0 Å². The molecule has 43 heavy (non-hydrogen) atoms. The smallest absolute Gasteiger partial charge is 0.490 e. The predicted octanol–water partition coefficient (Wildman–Crippen LogP) is 4.47. The van der Waals surface area contributed by atoms with Gasteiger partial charge in [0.25, 0.3) is 10.0 Å². The molecule has 0 spiro atoms. The number of halogens is 4. The average molecular weight is 662 g/mol. The SMILES string of the molecule is CN[C@H](C)C(=O)NCc1ccc(Cn2nc(NS(=O)(=O)c3ccc(Cl)s3)c3c(OC)cccc32)cc1.O=C(O)C(F)(F)F. The monoisotopic (exact) mass is 661 g/mol. The molecule has 11 nitrogen and oxygen atoms in total. The van der Waals surface area contributed by atoms with Crippen molar-refractivity contribution in [3.63, 3.8) is 0 Å². The number of alkyl halides is 3. The largest absolute Gasteiger partial charge is 0.496 e. The van der Waals surface area contributed by atoms with Crippen molar-refractivity contribution in [1.29, 1.82) is 0 Å². The van der Waals surface area contributed by atoms with Crippen LogP contribution in [0.4, 0.5) is 19.0 Å². The van der Waals surface area contributed by atoms with E-state index < -0.39 is 22.2 Å². The van der Waals surface area contributed by atoms with Crippen LogP contribution in [0.1, 0.15) is 18.1 Å². The molecule has 2 aromatic carbocycles. The third-order valence-corrected chi connectivity index (χ3v) is 8.96. The summed E-state index contributed by atoms with van der Waals surface area (Å²) in [5.41, 5.74) is 2.64. The van der Waals surface area contributed by atoms with Gasteiger partial charge < -0.3 is 20.5 Å². The van der Waals surface area contributed by atoms with Crippen LogP contribution in [0.15, 0.2) is 58.8 Å². The Balaban J connectivity index is 0.000000646. The topological polar surface area (TPSA) is 152 Å². The van der Waals surface area contributed by atoms with E-state index in [9.17, 15) is 26.4 Å². The molecule has 2 heterocycles. The van der Waals surface area contributed by atoms with Gasteiger partial charge in [0.15, 0.2) is 5.82 Å². The fourth-order valence-electron chi connectivity index (χ4n) is 3.59. The number of aliphatic carboxylic acids is 1. The molecule has 4 rings (SSSR count). The number of aromatic nitrogens is 2. The van der Waals surface area contributed by atoms with Crippen LogP contribution in [0, 0.1) is 0 Å². The van der Waals surface area contributed by atoms with Gasteiger partial charge in [-0.25, -0.2) is 13.2 Å². The number of thiophene rings is 1. The number of amides is 1. The van der Waals surface area contributed by atoms with Gasteiger partial charge in [-0.3, -0.25) is 14.2 Å². The molecule has 0 saturated heterocycles. The van der Waals surface area contributed by atoms with Crippen molar-refractivity contribution in [2.75, 3.05) is 18.9 Å². The molecule has 232 valence electrons. The van der Waals surface area contributed by atoms with E-state index in [1.54, 1.807) is 24.7 Å². The lowest BCUT2D eigenvalue weighted by Gasteiger charge is -2.11. The number of likely N-dealkylation sites (N-methyl/N-ethyl adjacent to an activating group) is 1. The molecular weight excluding hydrogens is 635 g/mol. The number of carbonyl (C=O) groups excluding carboxylic acids is 1. The number of sulfonamides is 1. The summed E-state index contributed by atoms with van der Waals surface area (Å²) in [5.74, 6) is -2.15. The van der Waals surface area contributed by atoms with E-state index >= 15 is 0 Å². The van der Waals surface area contributed by atoms with Crippen LogP contribution in [0.2, 0.25) is 4.34 Å². The van der Waals surface area contributed by atoms with Gasteiger partial charge in [0.05, 0.1) is 34.9 Å². The van der Waals surface area contributed by atoms with Crippen LogP contribution in [0.25, 0.3) is 10.9 Å². The third kappa shape index (κ3) is 8.82. The van der Waals surface area contributed by atoms with Crippen molar-refractivity contribution in [2.45, 2.75) is 36.4 Å². The number of carboxylic acid groups (broad SMARTS) is 1. The molecule has 0 bridgehead atoms. The Bertz CT molecular complexity index is 1690. The minimum atomic E-state index is -5.08. The van der Waals surface area contributed by atoms with Gasteiger partial charge in [-0.15, -0.1) is 11.3 Å². The highest BCUT2D eigenvalue weighted by molar-refractivity contribution is 7.94. The second kappa shape index (κ2) is 14.1. The van der Waals surface area contributed by atoms with E-state index in [2.05, 4.69) is 20.5 Å². The lowest BCUT2D eigenvalue weighted by Crippen LogP contribution is -2.39. The highest BCUT2D eigenvalue weighted by atomic mass is 35.5. The Morgan fingerprint density at radius 2 is 1.74 bits per heavy atom. The van der Waals surface area contributed by atoms with E-state index in [1.165, 1.54) is 19.2 Å². The van der Waals surface area contributed by atoms with Crippen molar-refractivity contribution < 1.29 is 41.0 Å². The molecule has 0 fully saturated rings. The van der Waals surface area contributed by atoms with Crippen molar-refractivity contribution in [3.8, 4) is 5.75 Å². The molecule has 0 unspecified atom stereocenters. The minimum absolute atomic E-state index is 0.0710. The third-order valence-electron chi connectivity index (χ3n) is 5.90. The Hall–Kier alpha value is -3.86. The molecule has 0 radical (unpaired) electrons. The lowest BCUT2D eigenvalue weighted by atomic mass is 10.1. The summed E-state index contributed by atoms with van der Waals surface area (Å²) in [6.45, 7) is 2.62. The Kier molecular flexibility index (Phi) is 11.0. The van der Waals surface area contributed by atoms with Gasteiger partial charge in [-0.2, -0.15) is 18.3 Å². The van der Waals surface area contributed by atoms with Gasteiger partial charge >= 0.3 is 12.1 Å². The van der Waals surface area contributed by atoms with E-state index in [4.69, 9.17) is 26.2 Å². The van der Waals surface area contributed by atoms with Crippen LogP contribution < -0.4 is 20.1 Å². The number of carbonyl (C=O) groups is 2. The maximum Gasteiger partial charge on any atom is 0.490 e. The number of nitrogens with zero attached hydrogens (tertiary/aromatic N) is 2. The minimum Gasteiger partial charge on any atom is -0.496 e.